The minimum absolute atomic E-state index is 0.178. The molecule has 1 saturated carbocycles. The second-order valence-corrected chi connectivity index (χ2v) is 8.61. The summed E-state index contributed by atoms with van der Waals surface area (Å²) in [4.78, 5) is 19.1. The number of ether oxygens (including phenoxy) is 2. The molecule has 0 N–H and O–H groups in total. The van der Waals surface area contributed by atoms with E-state index < -0.39 is 0 Å². The first-order valence-electron chi connectivity index (χ1n) is 11.0. The molecule has 0 bridgehead atoms. The van der Waals surface area contributed by atoms with Gasteiger partial charge < -0.3 is 18.9 Å². The monoisotopic (exact) mass is 391 g/mol. The minimum atomic E-state index is 0.178. The van der Waals surface area contributed by atoms with Crippen molar-refractivity contribution in [2.45, 2.75) is 63.7 Å². The van der Waals surface area contributed by atoms with Crippen molar-refractivity contribution in [3.63, 3.8) is 0 Å². The quantitative estimate of drug-likeness (QED) is 0.634. The Morgan fingerprint density at radius 2 is 1.93 bits per heavy atom. The molecule has 0 radical (unpaired) electrons. The van der Waals surface area contributed by atoms with E-state index in [0.29, 0.717) is 55.5 Å². The van der Waals surface area contributed by atoms with Crippen LogP contribution in [0.5, 0.6) is 0 Å². The van der Waals surface area contributed by atoms with Crippen LogP contribution in [-0.4, -0.2) is 60.5 Å². The summed E-state index contributed by atoms with van der Waals surface area (Å²) in [5, 5.41) is 4.11. The van der Waals surface area contributed by atoms with Crippen molar-refractivity contribution < 1.29 is 18.8 Å². The Hall–Kier alpha value is -1.47. The van der Waals surface area contributed by atoms with Gasteiger partial charge in [0.05, 0.1) is 12.5 Å². The third kappa shape index (κ3) is 5.32. The van der Waals surface area contributed by atoms with Crippen LogP contribution in [0.4, 0.5) is 0 Å². The molecule has 1 unspecified atom stereocenters. The summed E-state index contributed by atoms with van der Waals surface area (Å²) < 4.78 is 16.6. The summed E-state index contributed by atoms with van der Waals surface area (Å²) in [6, 6.07) is 0. The Balaban J connectivity index is 1.17. The zero-order chi connectivity index (χ0) is 19.2. The van der Waals surface area contributed by atoms with Gasteiger partial charge in [-0.3, -0.25) is 4.79 Å². The van der Waals surface area contributed by atoms with Gasteiger partial charge in [0.2, 0.25) is 11.8 Å². The van der Waals surface area contributed by atoms with Crippen molar-refractivity contribution in [2.75, 3.05) is 39.5 Å². The van der Waals surface area contributed by atoms with Gasteiger partial charge in [0.15, 0.2) is 5.82 Å². The lowest BCUT2D eigenvalue weighted by atomic mass is 10.0. The van der Waals surface area contributed by atoms with E-state index in [9.17, 15) is 4.79 Å². The number of likely N-dealkylation sites (tertiary alicyclic amines) is 1. The first-order chi connectivity index (χ1) is 13.8. The van der Waals surface area contributed by atoms with Crippen molar-refractivity contribution >= 4 is 5.91 Å². The summed E-state index contributed by atoms with van der Waals surface area (Å²) in [5.74, 6) is 3.07. The standard InChI is InChI=1S/C21H33N3O4/c25-20(13-16-3-1-2-4-16)24-9-5-18(14-24)21-22-19(23-28-21)8-12-27-15-17-6-10-26-11-7-17/h16-18H,1-15H2. The van der Waals surface area contributed by atoms with Gasteiger partial charge in [-0.25, -0.2) is 0 Å². The van der Waals surface area contributed by atoms with Gasteiger partial charge in [-0.1, -0.05) is 18.0 Å². The molecule has 0 spiro atoms. The summed E-state index contributed by atoms with van der Waals surface area (Å²) in [7, 11) is 0. The molecule has 0 aromatic carbocycles. The molecule has 3 fully saturated rings. The molecule has 2 aliphatic heterocycles. The predicted octanol–water partition coefficient (Wildman–Crippen LogP) is 2.95. The van der Waals surface area contributed by atoms with Crippen LogP contribution in [-0.2, 0) is 20.7 Å². The Kier molecular flexibility index (Phi) is 6.96. The van der Waals surface area contributed by atoms with Crippen molar-refractivity contribution in [3.05, 3.63) is 11.7 Å². The Morgan fingerprint density at radius 1 is 1.11 bits per heavy atom. The Bertz CT molecular complexity index is 623. The highest BCUT2D eigenvalue weighted by molar-refractivity contribution is 5.76. The van der Waals surface area contributed by atoms with Gasteiger partial charge >= 0.3 is 0 Å². The molecule has 1 aromatic heterocycles. The van der Waals surface area contributed by atoms with Crippen LogP contribution in [0.2, 0.25) is 0 Å². The lowest BCUT2D eigenvalue weighted by molar-refractivity contribution is -0.131. The Labute approximate surface area is 167 Å². The topological polar surface area (TPSA) is 77.7 Å². The molecule has 1 aromatic rings. The van der Waals surface area contributed by atoms with Crippen molar-refractivity contribution in [2.24, 2.45) is 11.8 Å². The molecule has 3 aliphatic rings. The number of hydrogen-bond donors (Lipinski definition) is 0. The van der Waals surface area contributed by atoms with Gasteiger partial charge in [0.1, 0.15) is 0 Å². The predicted molar refractivity (Wildman–Crippen MR) is 103 cm³/mol. The van der Waals surface area contributed by atoms with E-state index >= 15 is 0 Å². The second kappa shape index (κ2) is 9.83. The first kappa shape index (κ1) is 19.8. The molecule has 1 aliphatic carbocycles. The average molecular weight is 392 g/mol. The smallest absolute Gasteiger partial charge is 0.231 e. The van der Waals surface area contributed by atoms with E-state index in [1.165, 1.54) is 25.7 Å². The van der Waals surface area contributed by atoms with Gasteiger partial charge in [-0.15, -0.1) is 0 Å². The van der Waals surface area contributed by atoms with Crippen LogP contribution >= 0.6 is 0 Å². The zero-order valence-electron chi connectivity index (χ0n) is 16.8. The van der Waals surface area contributed by atoms with E-state index in [2.05, 4.69) is 10.1 Å². The first-order valence-corrected chi connectivity index (χ1v) is 11.0. The summed E-state index contributed by atoms with van der Waals surface area (Å²) in [6.07, 6.45) is 9.47. The number of amides is 1. The summed E-state index contributed by atoms with van der Waals surface area (Å²) in [6.45, 7) is 4.63. The van der Waals surface area contributed by atoms with E-state index in [4.69, 9.17) is 14.0 Å². The van der Waals surface area contributed by atoms with Crippen molar-refractivity contribution in [1.82, 2.24) is 15.0 Å². The number of aromatic nitrogens is 2. The van der Waals surface area contributed by atoms with Crippen LogP contribution in [0.1, 0.15) is 69.0 Å². The summed E-state index contributed by atoms with van der Waals surface area (Å²) >= 11 is 0. The van der Waals surface area contributed by atoms with Crippen LogP contribution in [0.25, 0.3) is 0 Å². The normalized spacial score (nSPS) is 24.3. The zero-order valence-corrected chi connectivity index (χ0v) is 16.8. The van der Waals surface area contributed by atoms with Gasteiger partial charge in [0, 0.05) is 45.8 Å². The van der Waals surface area contributed by atoms with Gasteiger partial charge in [0.25, 0.3) is 0 Å². The van der Waals surface area contributed by atoms with E-state index in [1.54, 1.807) is 0 Å². The third-order valence-electron chi connectivity index (χ3n) is 6.48. The number of carbonyl (C=O) groups excluding carboxylic acids is 1. The van der Waals surface area contributed by atoms with Crippen LogP contribution in [0, 0.1) is 11.8 Å². The molecule has 2 saturated heterocycles. The average Bonchev–Trinajstić information content (AvgIpc) is 3.47. The molecule has 7 nitrogen and oxygen atoms in total. The fraction of sp³-hybridized carbons (Fsp3) is 0.857. The molecule has 1 atom stereocenters. The maximum Gasteiger partial charge on any atom is 0.231 e. The molecule has 7 heteroatoms. The van der Waals surface area contributed by atoms with Gasteiger partial charge in [-0.05, 0) is 43.9 Å². The summed E-state index contributed by atoms with van der Waals surface area (Å²) in [5.41, 5.74) is 0. The van der Waals surface area contributed by atoms with Crippen LogP contribution in [0.15, 0.2) is 4.52 Å². The highest BCUT2D eigenvalue weighted by Crippen LogP contribution is 2.31. The third-order valence-corrected chi connectivity index (χ3v) is 6.48. The number of hydrogen-bond acceptors (Lipinski definition) is 6. The molecular formula is C21H33N3O4. The molecule has 1 amide bonds. The number of rotatable bonds is 8. The highest BCUT2D eigenvalue weighted by Gasteiger charge is 2.32. The number of nitrogens with zero attached hydrogens (tertiary/aromatic N) is 3. The molecule has 28 heavy (non-hydrogen) atoms. The maximum absolute atomic E-state index is 12.5. The van der Waals surface area contributed by atoms with E-state index in [1.807, 2.05) is 4.90 Å². The fourth-order valence-corrected chi connectivity index (χ4v) is 4.64. The van der Waals surface area contributed by atoms with Crippen molar-refractivity contribution in [3.8, 4) is 0 Å². The molecule has 3 heterocycles. The molecule has 4 rings (SSSR count). The Morgan fingerprint density at radius 3 is 2.75 bits per heavy atom. The SMILES string of the molecule is O=C(CC1CCCC1)N1CCC(c2nc(CCOCC3CCOCC3)no2)C1. The largest absolute Gasteiger partial charge is 0.381 e. The van der Waals surface area contributed by atoms with E-state index in [-0.39, 0.29) is 5.92 Å². The maximum atomic E-state index is 12.5. The lowest BCUT2D eigenvalue weighted by Gasteiger charge is -2.21. The minimum Gasteiger partial charge on any atom is -0.381 e. The molecular weight excluding hydrogens is 358 g/mol. The molecule has 156 valence electrons. The van der Waals surface area contributed by atoms with E-state index in [0.717, 1.165) is 45.6 Å². The van der Waals surface area contributed by atoms with Crippen LogP contribution in [0.3, 0.4) is 0 Å². The number of carbonyl (C=O) groups is 1. The van der Waals surface area contributed by atoms with Gasteiger partial charge in [-0.2, -0.15) is 4.98 Å². The highest BCUT2D eigenvalue weighted by atomic mass is 16.5. The van der Waals surface area contributed by atoms with Crippen molar-refractivity contribution in [1.29, 1.82) is 0 Å². The fourth-order valence-electron chi connectivity index (χ4n) is 4.64. The lowest BCUT2D eigenvalue weighted by Crippen LogP contribution is -2.29. The second-order valence-electron chi connectivity index (χ2n) is 8.61. The van der Waals surface area contributed by atoms with Crippen LogP contribution < -0.4 is 0 Å².